The number of aromatic nitrogens is 2. The molecule has 3 rings (SSSR count). The molecule has 1 N–H and O–H groups in total. The molecular formula is C14H22N2O4. The fourth-order valence-electron chi connectivity index (χ4n) is 3.13. The summed E-state index contributed by atoms with van der Waals surface area (Å²) in [5.41, 5.74) is -0.464. The van der Waals surface area contributed by atoms with Crippen molar-refractivity contribution in [2.45, 2.75) is 56.1 Å². The highest BCUT2D eigenvalue weighted by molar-refractivity contribution is 5.05. The first-order valence-electron chi connectivity index (χ1n) is 7.38. The summed E-state index contributed by atoms with van der Waals surface area (Å²) in [6.45, 7) is 1.32. The lowest BCUT2D eigenvalue weighted by atomic mass is 9.87. The Morgan fingerprint density at radius 1 is 1.20 bits per heavy atom. The zero-order chi connectivity index (χ0) is 14.0. The van der Waals surface area contributed by atoms with Crippen molar-refractivity contribution >= 4 is 0 Å². The van der Waals surface area contributed by atoms with Crippen molar-refractivity contribution in [2.75, 3.05) is 20.3 Å². The van der Waals surface area contributed by atoms with Gasteiger partial charge in [0.25, 0.3) is 0 Å². The second-order valence-corrected chi connectivity index (χ2v) is 5.77. The molecule has 6 heteroatoms. The number of nitrogens with zero attached hydrogens (tertiary/aromatic N) is 2. The molecule has 0 aromatic carbocycles. The monoisotopic (exact) mass is 282 g/mol. The average Bonchev–Trinajstić information content (AvgIpc) is 2.99. The van der Waals surface area contributed by atoms with Crippen LogP contribution in [-0.4, -0.2) is 41.7 Å². The maximum absolute atomic E-state index is 9.56. The minimum atomic E-state index is -0.464. The molecule has 0 amide bonds. The van der Waals surface area contributed by atoms with Crippen molar-refractivity contribution in [3.8, 4) is 0 Å². The minimum absolute atomic E-state index is 0.172. The molecule has 6 nitrogen and oxygen atoms in total. The van der Waals surface area contributed by atoms with Crippen LogP contribution in [0.5, 0.6) is 0 Å². The Balaban J connectivity index is 1.75. The standard InChI is InChI=1S/C14H22N2O4/c1-18-14(6-8-19-9-7-14)13-15-12(20-16-13)10-2-4-11(17)5-3-10/h10-11,17H,2-9H2,1H3. The third-order valence-electron chi connectivity index (χ3n) is 4.59. The molecule has 0 radical (unpaired) electrons. The number of methoxy groups -OCH3 is 1. The van der Waals surface area contributed by atoms with Crippen molar-refractivity contribution in [3.05, 3.63) is 11.7 Å². The van der Waals surface area contributed by atoms with Gasteiger partial charge in [-0.3, -0.25) is 0 Å². The van der Waals surface area contributed by atoms with Crippen molar-refractivity contribution in [2.24, 2.45) is 0 Å². The summed E-state index contributed by atoms with van der Waals surface area (Å²) in [7, 11) is 1.69. The van der Waals surface area contributed by atoms with Gasteiger partial charge in [-0.1, -0.05) is 5.16 Å². The molecular weight excluding hydrogens is 260 g/mol. The predicted molar refractivity (Wildman–Crippen MR) is 70.3 cm³/mol. The second kappa shape index (κ2) is 5.79. The molecule has 1 aromatic heterocycles. The molecule has 1 aliphatic carbocycles. The van der Waals surface area contributed by atoms with Crippen LogP contribution in [0.4, 0.5) is 0 Å². The number of rotatable bonds is 3. The highest BCUT2D eigenvalue weighted by Crippen LogP contribution is 2.36. The smallest absolute Gasteiger partial charge is 0.229 e. The van der Waals surface area contributed by atoms with Gasteiger partial charge < -0.3 is 19.1 Å². The van der Waals surface area contributed by atoms with E-state index in [2.05, 4.69) is 10.1 Å². The molecule has 0 atom stereocenters. The van der Waals surface area contributed by atoms with Crippen LogP contribution in [0.1, 0.15) is 56.2 Å². The summed E-state index contributed by atoms with van der Waals surface area (Å²) in [5.74, 6) is 1.60. The van der Waals surface area contributed by atoms with E-state index >= 15 is 0 Å². The Morgan fingerprint density at radius 2 is 1.90 bits per heavy atom. The number of aliphatic hydroxyl groups excluding tert-OH is 1. The van der Waals surface area contributed by atoms with E-state index in [4.69, 9.17) is 14.0 Å². The topological polar surface area (TPSA) is 77.6 Å². The van der Waals surface area contributed by atoms with Crippen LogP contribution in [0.15, 0.2) is 4.52 Å². The Hall–Kier alpha value is -0.980. The van der Waals surface area contributed by atoms with Crippen LogP contribution in [-0.2, 0) is 15.1 Å². The number of ether oxygens (including phenoxy) is 2. The first-order chi connectivity index (χ1) is 9.73. The SMILES string of the molecule is COC1(c2noc(C3CCC(O)CC3)n2)CCOCC1. The van der Waals surface area contributed by atoms with Gasteiger partial charge in [0.2, 0.25) is 11.7 Å². The minimum Gasteiger partial charge on any atom is -0.393 e. The summed E-state index contributed by atoms with van der Waals surface area (Å²) < 4.78 is 16.5. The maximum Gasteiger partial charge on any atom is 0.229 e. The van der Waals surface area contributed by atoms with Gasteiger partial charge >= 0.3 is 0 Å². The third kappa shape index (κ3) is 2.60. The van der Waals surface area contributed by atoms with Crippen LogP contribution in [0, 0.1) is 0 Å². The number of hydrogen-bond acceptors (Lipinski definition) is 6. The normalized spacial score (nSPS) is 30.3. The van der Waals surface area contributed by atoms with Gasteiger partial charge in [-0.2, -0.15) is 4.98 Å². The first-order valence-corrected chi connectivity index (χ1v) is 7.38. The highest BCUT2D eigenvalue weighted by Gasteiger charge is 2.40. The predicted octanol–water partition coefficient (Wildman–Crippen LogP) is 1.74. The van der Waals surface area contributed by atoms with Crippen LogP contribution in [0.3, 0.4) is 0 Å². The molecule has 2 fully saturated rings. The van der Waals surface area contributed by atoms with Crippen LogP contribution in [0.2, 0.25) is 0 Å². The average molecular weight is 282 g/mol. The lowest BCUT2D eigenvalue weighted by molar-refractivity contribution is -0.101. The van der Waals surface area contributed by atoms with Crippen LogP contribution < -0.4 is 0 Å². The molecule has 112 valence electrons. The Kier molecular flexibility index (Phi) is 4.05. The summed E-state index contributed by atoms with van der Waals surface area (Å²) in [4.78, 5) is 4.59. The molecule has 0 bridgehead atoms. The second-order valence-electron chi connectivity index (χ2n) is 5.77. The van der Waals surface area contributed by atoms with E-state index in [-0.39, 0.29) is 12.0 Å². The van der Waals surface area contributed by atoms with Crippen molar-refractivity contribution in [1.82, 2.24) is 10.1 Å². The fourth-order valence-corrected chi connectivity index (χ4v) is 3.13. The largest absolute Gasteiger partial charge is 0.393 e. The number of aliphatic hydroxyl groups is 1. The molecule has 2 heterocycles. The van der Waals surface area contributed by atoms with E-state index < -0.39 is 5.60 Å². The van der Waals surface area contributed by atoms with Gasteiger partial charge in [0.1, 0.15) is 5.60 Å². The highest BCUT2D eigenvalue weighted by atomic mass is 16.5. The van der Waals surface area contributed by atoms with Crippen molar-refractivity contribution < 1.29 is 19.1 Å². The molecule has 0 unspecified atom stereocenters. The van der Waals surface area contributed by atoms with Gasteiger partial charge in [0, 0.05) is 39.1 Å². The van der Waals surface area contributed by atoms with Crippen molar-refractivity contribution in [3.63, 3.8) is 0 Å². The lowest BCUT2D eigenvalue weighted by Crippen LogP contribution is -2.36. The summed E-state index contributed by atoms with van der Waals surface area (Å²) >= 11 is 0. The Bertz CT molecular complexity index is 434. The molecule has 2 aliphatic rings. The van der Waals surface area contributed by atoms with Crippen molar-refractivity contribution in [1.29, 1.82) is 0 Å². The Morgan fingerprint density at radius 3 is 2.55 bits per heavy atom. The summed E-state index contributed by atoms with van der Waals surface area (Å²) in [5, 5.41) is 13.7. The van der Waals surface area contributed by atoms with E-state index in [1.807, 2.05) is 0 Å². The Labute approximate surface area is 118 Å². The van der Waals surface area contributed by atoms with Gasteiger partial charge in [0.05, 0.1) is 6.10 Å². The number of hydrogen-bond donors (Lipinski definition) is 1. The van der Waals surface area contributed by atoms with E-state index in [1.54, 1.807) is 7.11 Å². The van der Waals surface area contributed by atoms with E-state index in [1.165, 1.54) is 0 Å². The van der Waals surface area contributed by atoms with Gasteiger partial charge in [-0.15, -0.1) is 0 Å². The maximum atomic E-state index is 9.56. The zero-order valence-electron chi connectivity index (χ0n) is 11.9. The van der Waals surface area contributed by atoms with Gasteiger partial charge in [-0.05, 0) is 25.7 Å². The van der Waals surface area contributed by atoms with Crippen LogP contribution in [0.25, 0.3) is 0 Å². The lowest BCUT2D eigenvalue weighted by Gasteiger charge is -2.32. The van der Waals surface area contributed by atoms with Gasteiger partial charge in [0.15, 0.2) is 0 Å². The third-order valence-corrected chi connectivity index (χ3v) is 4.59. The molecule has 1 saturated heterocycles. The van der Waals surface area contributed by atoms with Gasteiger partial charge in [-0.25, -0.2) is 0 Å². The molecule has 0 spiro atoms. The summed E-state index contributed by atoms with van der Waals surface area (Å²) in [6.07, 6.45) is 4.78. The molecule has 1 saturated carbocycles. The molecule has 1 aromatic rings. The molecule has 1 aliphatic heterocycles. The first kappa shape index (κ1) is 14.0. The van der Waals surface area contributed by atoms with E-state index in [0.29, 0.717) is 24.9 Å². The fraction of sp³-hybridized carbons (Fsp3) is 0.857. The van der Waals surface area contributed by atoms with Crippen LogP contribution >= 0.6 is 0 Å². The quantitative estimate of drug-likeness (QED) is 0.910. The zero-order valence-corrected chi connectivity index (χ0v) is 11.9. The van der Waals surface area contributed by atoms with E-state index in [0.717, 1.165) is 38.5 Å². The molecule has 20 heavy (non-hydrogen) atoms. The van der Waals surface area contributed by atoms with E-state index in [9.17, 15) is 5.11 Å². The summed E-state index contributed by atoms with van der Waals surface area (Å²) in [6, 6.07) is 0.